The van der Waals surface area contributed by atoms with Crippen LogP contribution in [0.2, 0.25) is 0 Å². The van der Waals surface area contributed by atoms with Crippen molar-refractivity contribution in [2.75, 3.05) is 0 Å². The molecule has 0 aliphatic heterocycles. The lowest BCUT2D eigenvalue weighted by molar-refractivity contribution is 0.109. The van der Waals surface area contributed by atoms with Crippen LogP contribution in [0.1, 0.15) is 78.2 Å². The van der Waals surface area contributed by atoms with Crippen molar-refractivity contribution < 1.29 is 4.74 Å². The highest BCUT2D eigenvalue weighted by atomic mass is 79.9. The summed E-state index contributed by atoms with van der Waals surface area (Å²) < 4.78 is 6.63. The third-order valence-electron chi connectivity index (χ3n) is 5.65. The van der Waals surface area contributed by atoms with Crippen LogP contribution in [0.5, 0.6) is 5.75 Å². The molecule has 0 bridgehead atoms. The van der Waals surface area contributed by atoms with Gasteiger partial charge in [0.25, 0.3) is 0 Å². The molecule has 2 heteroatoms. The quantitative estimate of drug-likeness (QED) is 0.157. The molecule has 0 radical (unpaired) electrons. The summed E-state index contributed by atoms with van der Waals surface area (Å²) >= 11 is 3.54. The molecule has 0 aliphatic rings. The van der Waals surface area contributed by atoms with Crippen LogP contribution in [0, 0.1) is 5.41 Å². The molecule has 0 saturated heterocycles. The molecular weight excluding hydrogens is 408 g/mol. The molecule has 1 atom stereocenters. The largest absolute Gasteiger partial charge is 0.489 e. The Morgan fingerprint density at radius 2 is 1.54 bits per heavy atom. The summed E-state index contributed by atoms with van der Waals surface area (Å²) in [5.41, 5.74) is 3.97. The van der Waals surface area contributed by atoms with E-state index in [1.807, 2.05) is 6.07 Å². The van der Waals surface area contributed by atoms with Gasteiger partial charge in [-0.1, -0.05) is 104 Å². The van der Waals surface area contributed by atoms with Crippen LogP contribution < -0.4 is 4.74 Å². The normalized spacial score (nSPS) is 12.5. The molecule has 0 N–H and O–H groups in total. The van der Waals surface area contributed by atoms with Crippen LogP contribution in [0.3, 0.4) is 0 Å². The van der Waals surface area contributed by atoms with Crippen molar-refractivity contribution in [1.82, 2.24) is 0 Å². The summed E-state index contributed by atoms with van der Waals surface area (Å²) in [5, 5.41) is 0.818. The first kappa shape index (κ1) is 24.8. The third kappa shape index (κ3) is 6.37. The monoisotopic (exact) mass is 446 g/mol. The number of halogens is 1. The number of ether oxygens (including phenoxy) is 1. The number of hydrogen-bond acceptors (Lipinski definition) is 1. The first-order valence-corrected chi connectivity index (χ1v) is 11.7. The van der Waals surface area contributed by atoms with Crippen LogP contribution in [-0.4, -0.2) is 6.10 Å². The molecule has 0 heterocycles. The first-order chi connectivity index (χ1) is 13.3. The summed E-state index contributed by atoms with van der Waals surface area (Å²) in [5.74, 6) is 0.904. The van der Waals surface area contributed by atoms with E-state index in [0.717, 1.165) is 40.6 Å². The second kappa shape index (κ2) is 12.3. The molecule has 0 aliphatic carbocycles. The fourth-order valence-electron chi connectivity index (χ4n) is 4.26. The van der Waals surface area contributed by atoms with Gasteiger partial charge in [0, 0.05) is 5.33 Å². The second-order valence-electron chi connectivity index (χ2n) is 8.09. The molecule has 0 aromatic heterocycles. The van der Waals surface area contributed by atoms with Crippen LogP contribution in [0.25, 0.3) is 0 Å². The van der Waals surface area contributed by atoms with Gasteiger partial charge in [-0.25, -0.2) is 0 Å². The topological polar surface area (TPSA) is 9.23 Å². The highest BCUT2D eigenvalue weighted by molar-refractivity contribution is 9.08. The molecule has 1 aromatic carbocycles. The van der Waals surface area contributed by atoms with Crippen molar-refractivity contribution in [2.45, 2.75) is 84.1 Å². The van der Waals surface area contributed by atoms with E-state index in [0.29, 0.717) is 0 Å². The molecular formula is C26H39BrO. The summed E-state index contributed by atoms with van der Waals surface area (Å²) in [7, 11) is 0. The SMILES string of the molecule is C=C(C)C(C(=C)C)(C(=C)C)C(CCCCCCCC)Oc1cccc(CBr)c1. The molecule has 1 unspecified atom stereocenters. The van der Waals surface area contributed by atoms with Crippen molar-refractivity contribution in [3.63, 3.8) is 0 Å². The van der Waals surface area contributed by atoms with Gasteiger partial charge in [-0.2, -0.15) is 0 Å². The third-order valence-corrected chi connectivity index (χ3v) is 6.30. The van der Waals surface area contributed by atoms with E-state index in [1.165, 1.54) is 37.7 Å². The zero-order valence-electron chi connectivity index (χ0n) is 18.5. The van der Waals surface area contributed by atoms with Gasteiger partial charge >= 0.3 is 0 Å². The highest BCUT2D eigenvalue weighted by Crippen LogP contribution is 2.46. The van der Waals surface area contributed by atoms with E-state index in [2.05, 4.69) is 81.6 Å². The Hall–Kier alpha value is -1.28. The van der Waals surface area contributed by atoms with Gasteiger partial charge in [-0.05, 0) is 51.3 Å². The summed E-state index contributed by atoms with van der Waals surface area (Å²) in [6.07, 6.45) is 8.52. The smallest absolute Gasteiger partial charge is 0.120 e. The minimum absolute atomic E-state index is 0.0447. The Morgan fingerprint density at radius 3 is 2.07 bits per heavy atom. The van der Waals surface area contributed by atoms with Crippen LogP contribution >= 0.6 is 15.9 Å². The van der Waals surface area contributed by atoms with Crippen LogP contribution in [-0.2, 0) is 5.33 Å². The van der Waals surface area contributed by atoms with Gasteiger partial charge in [-0.15, -0.1) is 0 Å². The zero-order chi connectivity index (χ0) is 21.2. The van der Waals surface area contributed by atoms with Crippen LogP contribution in [0.15, 0.2) is 60.7 Å². The van der Waals surface area contributed by atoms with Crippen LogP contribution in [0.4, 0.5) is 0 Å². The van der Waals surface area contributed by atoms with E-state index in [4.69, 9.17) is 4.74 Å². The molecule has 28 heavy (non-hydrogen) atoms. The second-order valence-corrected chi connectivity index (χ2v) is 8.65. The first-order valence-electron chi connectivity index (χ1n) is 10.6. The van der Waals surface area contributed by atoms with E-state index >= 15 is 0 Å². The maximum Gasteiger partial charge on any atom is 0.120 e. The lowest BCUT2D eigenvalue weighted by Gasteiger charge is -2.43. The molecule has 0 saturated carbocycles. The Balaban J connectivity index is 3.12. The maximum atomic E-state index is 6.63. The fraction of sp³-hybridized carbons (Fsp3) is 0.538. The van der Waals surface area contributed by atoms with Gasteiger partial charge in [0.2, 0.25) is 0 Å². The van der Waals surface area contributed by atoms with Crippen molar-refractivity contribution in [1.29, 1.82) is 0 Å². The number of hydrogen-bond donors (Lipinski definition) is 0. The Bertz CT molecular complexity index is 622. The van der Waals surface area contributed by atoms with Gasteiger partial charge in [0.1, 0.15) is 11.9 Å². The number of alkyl halides is 1. The van der Waals surface area contributed by atoms with Crippen molar-refractivity contribution in [3.8, 4) is 5.75 Å². The predicted octanol–water partition coefficient (Wildman–Crippen LogP) is 8.79. The van der Waals surface area contributed by atoms with Gasteiger partial charge in [-0.3, -0.25) is 0 Å². The van der Waals surface area contributed by atoms with Crippen molar-refractivity contribution in [2.24, 2.45) is 5.41 Å². The predicted molar refractivity (Wildman–Crippen MR) is 128 cm³/mol. The van der Waals surface area contributed by atoms with E-state index in [-0.39, 0.29) is 6.10 Å². The zero-order valence-corrected chi connectivity index (χ0v) is 20.0. The van der Waals surface area contributed by atoms with E-state index < -0.39 is 5.41 Å². The number of unbranched alkanes of at least 4 members (excludes halogenated alkanes) is 5. The Labute approximate surface area is 182 Å². The van der Waals surface area contributed by atoms with Gasteiger partial charge in [0.15, 0.2) is 0 Å². The van der Waals surface area contributed by atoms with Gasteiger partial charge in [0.05, 0.1) is 5.41 Å². The molecule has 0 fully saturated rings. The lowest BCUT2D eigenvalue weighted by atomic mass is 9.66. The average molecular weight is 448 g/mol. The van der Waals surface area contributed by atoms with E-state index in [9.17, 15) is 0 Å². The number of rotatable bonds is 14. The molecule has 0 spiro atoms. The highest BCUT2D eigenvalue weighted by Gasteiger charge is 2.42. The lowest BCUT2D eigenvalue weighted by Crippen LogP contribution is -2.42. The summed E-state index contributed by atoms with van der Waals surface area (Å²) in [6.45, 7) is 21.5. The maximum absolute atomic E-state index is 6.63. The minimum Gasteiger partial charge on any atom is -0.489 e. The molecule has 1 aromatic rings. The van der Waals surface area contributed by atoms with Gasteiger partial charge < -0.3 is 4.74 Å². The molecule has 1 nitrogen and oxygen atoms in total. The molecule has 0 amide bonds. The fourth-order valence-corrected chi connectivity index (χ4v) is 4.61. The summed E-state index contributed by atoms with van der Waals surface area (Å²) in [4.78, 5) is 0. The number of benzene rings is 1. The summed E-state index contributed by atoms with van der Waals surface area (Å²) in [6, 6.07) is 8.31. The Kier molecular flexibility index (Phi) is 10.9. The molecule has 1 rings (SSSR count). The van der Waals surface area contributed by atoms with Crippen molar-refractivity contribution in [3.05, 3.63) is 66.3 Å². The minimum atomic E-state index is -0.409. The van der Waals surface area contributed by atoms with E-state index in [1.54, 1.807) is 0 Å². The molecule has 156 valence electrons. The average Bonchev–Trinajstić information content (AvgIpc) is 2.64. The standard InChI is InChI=1S/C26H39BrO/c1-8-9-10-11-12-13-17-25(26(20(2)3,21(4)5)22(6)7)28-24-16-14-15-23(18-24)19-27/h14-16,18,25H,2,4,6,8-13,17,19H2,1,3,5,7H3. The van der Waals surface area contributed by atoms with Crippen molar-refractivity contribution >= 4 is 15.9 Å². The Morgan fingerprint density at radius 1 is 0.964 bits per heavy atom.